The number of nitriles is 1. The lowest BCUT2D eigenvalue weighted by Crippen LogP contribution is -2.16. The van der Waals surface area contributed by atoms with Crippen LogP contribution in [-0.4, -0.2) is 13.6 Å². The SMILES string of the molecule is CNCCC(Oc1ccc(F)c2cc(C#N)sc12)c1ccccc1. The molecule has 2 aromatic carbocycles. The smallest absolute Gasteiger partial charge is 0.138 e. The topological polar surface area (TPSA) is 45.0 Å². The molecule has 122 valence electrons. The van der Waals surface area contributed by atoms with Crippen LogP contribution in [0.5, 0.6) is 5.75 Å². The van der Waals surface area contributed by atoms with Gasteiger partial charge in [0.1, 0.15) is 28.6 Å². The lowest BCUT2D eigenvalue weighted by Gasteiger charge is -2.20. The highest BCUT2D eigenvalue weighted by Gasteiger charge is 2.17. The number of benzene rings is 2. The van der Waals surface area contributed by atoms with E-state index >= 15 is 0 Å². The van der Waals surface area contributed by atoms with Gasteiger partial charge in [0.25, 0.3) is 0 Å². The van der Waals surface area contributed by atoms with Crippen LogP contribution in [0.25, 0.3) is 10.1 Å². The summed E-state index contributed by atoms with van der Waals surface area (Å²) in [6.45, 7) is 0.803. The maximum absolute atomic E-state index is 14.0. The molecule has 1 aromatic heterocycles. The highest BCUT2D eigenvalue weighted by molar-refractivity contribution is 7.19. The number of halogens is 1. The van der Waals surface area contributed by atoms with Crippen LogP contribution in [0.15, 0.2) is 48.5 Å². The molecule has 24 heavy (non-hydrogen) atoms. The Morgan fingerprint density at radius 1 is 1.25 bits per heavy atom. The van der Waals surface area contributed by atoms with Crippen molar-refractivity contribution in [2.45, 2.75) is 12.5 Å². The first-order chi connectivity index (χ1) is 11.7. The fourth-order valence-electron chi connectivity index (χ4n) is 2.60. The molecular formula is C19H17FN2OS. The van der Waals surface area contributed by atoms with Gasteiger partial charge in [0.15, 0.2) is 0 Å². The molecule has 3 aromatic rings. The third-order valence-corrected chi connectivity index (χ3v) is 4.86. The van der Waals surface area contributed by atoms with Crippen molar-refractivity contribution in [3.63, 3.8) is 0 Å². The first-order valence-electron chi connectivity index (χ1n) is 7.71. The minimum Gasteiger partial charge on any atom is -0.484 e. The minimum atomic E-state index is -0.332. The Morgan fingerprint density at radius 2 is 2.04 bits per heavy atom. The molecule has 0 fully saturated rings. The average Bonchev–Trinajstić information content (AvgIpc) is 3.07. The number of nitrogens with zero attached hydrogens (tertiary/aromatic N) is 1. The van der Waals surface area contributed by atoms with E-state index < -0.39 is 0 Å². The zero-order chi connectivity index (χ0) is 16.9. The summed E-state index contributed by atoms with van der Waals surface area (Å²) < 4.78 is 20.9. The first-order valence-corrected chi connectivity index (χ1v) is 8.53. The molecule has 1 unspecified atom stereocenters. The number of thiophene rings is 1. The second-order valence-corrected chi connectivity index (χ2v) is 6.47. The van der Waals surface area contributed by atoms with Crippen LogP contribution in [0.3, 0.4) is 0 Å². The quantitative estimate of drug-likeness (QED) is 0.711. The van der Waals surface area contributed by atoms with E-state index in [1.54, 1.807) is 12.1 Å². The lowest BCUT2D eigenvalue weighted by atomic mass is 10.1. The van der Waals surface area contributed by atoms with E-state index in [4.69, 9.17) is 10.00 Å². The summed E-state index contributed by atoms with van der Waals surface area (Å²) in [4.78, 5) is 0.478. The second-order valence-electron chi connectivity index (χ2n) is 5.42. The summed E-state index contributed by atoms with van der Waals surface area (Å²) in [7, 11) is 1.90. The Balaban J connectivity index is 1.98. The summed E-state index contributed by atoms with van der Waals surface area (Å²) in [6.07, 6.45) is 0.649. The lowest BCUT2D eigenvalue weighted by molar-refractivity contribution is 0.198. The van der Waals surface area contributed by atoms with Gasteiger partial charge in [-0.3, -0.25) is 0 Å². The average molecular weight is 340 g/mol. The minimum absolute atomic E-state index is 0.139. The van der Waals surface area contributed by atoms with E-state index in [-0.39, 0.29) is 11.9 Å². The van der Waals surface area contributed by atoms with Crippen LogP contribution in [-0.2, 0) is 0 Å². The van der Waals surface area contributed by atoms with Crippen molar-refractivity contribution < 1.29 is 9.13 Å². The molecule has 0 radical (unpaired) electrons. The third kappa shape index (κ3) is 3.40. The van der Waals surface area contributed by atoms with Gasteiger partial charge in [-0.2, -0.15) is 5.26 Å². The molecule has 3 rings (SSSR count). The molecule has 0 saturated carbocycles. The largest absolute Gasteiger partial charge is 0.484 e. The van der Waals surface area contributed by atoms with E-state index in [1.165, 1.54) is 17.4 Å². The number of fused-ring (bicyclic) bond motifs is 1. The number of nitrogens with one attached hydrogen (secondary N) is 1. The molecule has 1 N–H and O–H groups in total. The van der Waals surface area contributed by atoms with Gasteiger partial charge in [-0.25, -0.2) is 4.39 Å². The first kappa shape index (κ1) is 16.4. The van der Waals surface area contributed by atoms with Gasteiger partial charge in [-0.1, -0.05) is 30.3 Å². The van der Waals surface area contributed by atoms with Crippen molar-refractivity contribution in [3.8, 4) is 11.8 Å². The van der Waals surface area contributed by atoms with Crippen LogP contribution < -0.4 is 10.1 Å². The van der Waals surface area contributed by atoms with E-state index in [9.17, 15) is 4.39 Å². The number of hydrogen-bond acceptors (Lipinski definition) is 4. The molecule has 1 heterocycles. The Hall–Kier alpha value is -2.42. The van der Waals surface area contributed by atoms with E-state index in [0.717, 1.165) is 18.5 Å². The van der Waals surface area contributed by atoms with Crippen molar-refractivity contribution in [1.29, 1.82) is 5.26 Å². The van der Waals surface area contributed by atoms with Crippen molar-refractivity contribution >= 4 is 21.4 Å². The van der Waals surface area contributed by atoms with Crippen LogP contribution in [0.4, 0.5) is 4.39 Å². The summed E-state index contributed by atoms with van der Waals surface area (Å²) >= 11 is 1.26. The van der Waals surface area contributed by atoms with Gasteiger partial charge in [-0.15, -0.1) is 11.3 Å². The van der Waals surface area contributed by atoms with Crippen molar-refractivity contribution in [1.82, 2.24) is 5.32 Å². The van der Waals surface area contributed by atoms with Crippen molar-refractivity contribution in [3.05, 3.63) is 64.8 Å². The number of rotatable bonds is 6. The maximum Gasteiger partial charge on any atom is 0.138 e. The molecule has 0 spiro atoms. The summed E-state index contributed by atoms with van der Waals surface area (Å²) in [6, 6.07) is 16.7. The highest BCUT2D eigenvalue weighted by Crippen LogP contribution is 2.37. The maximum atomic E-state index is 14.0. The Labute approximate surface area is 144 Å². The van der Waals surface area contributed by atoms with Gasteiger partial charge < -0.3 is 10.1 Å². The summed E-state index contributed by atoms with van der Waals surface area (Å²) in [5, 5.41) is 12.7. The molecular weight excluding hydrogens is 323 g/mol. The van der Waals surface area contributed by atoms with E-state index in [2.05, 4.69) is 11.4 Å². The number of ether oxygens (including phenoxy) is 1. The Kier molecular flexibility index (Phi) is 5.09. The fourth-order valence-corrected chi connectivity index (χ4v) is 3.53. The second kappa shape index (κ2) is 7.43. The monoisotopic (exact) mass is 340 g/mol. The molecule has 0 saturated heterocycles. The molecule has 5 heteroatoms. The van der Waals surface area contributed by atoms with Gasteiger partial charge in [0.05, 0.1) is 4.70 Å². The van der Waals surface area contributed by atoms with E-state index in [1.807, 2.05) is 37.4 Å². The van der Waals surface area contributed by atoms with Crippen molar-refractivity contribution in [2.75, 3.05) is 13.6 Å². The standard InChI is InChI=1S/C19H17FN2OS/c1-22-10-9-17(13-5-3-2-4-6-13)23-18-8-7-16(20)15-11-14(12-21)24-19(15)18/h2-8,11,17,22H,9-10H2,1H3. The van der Waals surface area contributed by atoms with Crippen LogP contribution in [0.2, 0.25) is 0 Å². The fraction of sp³-hybridized carbons (Fsp3) is 0.211. The zero-order valence-corrected chi connectivity index (χ0v) is 14.1. The molecule has 0 aliphatic heterocycles. The molecule has 0 aliphatic carbocycles. The summed E-state index contributed by atoms with van der Waals surface area (Å²) in [5.41, 5.74) is 1.07. The van der Waals surface area contributed by atoms with E-state index in [0.29, 0.717) is 20.7 Å². The Bertz CT molecular complexity index is 870. The normalized spacial score (nSPS) is 12.0. The van der Waals surface area contributed by atoms with Crippen LogP contribution in [0, 0.1) is 17.1 Å². The Morgan fingerprint density at radius 3 is 2.75 bits per heavy atom. The number of hydrogen-bond donors (Lipinski definition) is 1. The van der Waals surface area contributed by atoms with Crippen LogP contribution >= 0.6 is 11.3 Å². The van der Waals surface area contributed by atoms with Gasteiger partial charge >= 0.3 is 0 Å². The molecule has 1 atom stereocenters. The van der Waals surface area contributed by atoms with Gasteiger partial charge in [0, 0.05) is 11.8 Å². The molecule has 0 aliphatic rings. The summed E-state index contributed by atoms with van der Waals surface area (Å²) in [5.74, 6) is 0.282. The predicted octanol–water partition coefficient (Wildman–Crippen LogP) is 4.64. The highest BCUT2D eigenvalue weighted by atomic mass is 32.1. The van der Waals surface area contributed by atoms with Crippen LogP contribution in [0.1, 0.15) is 23.0 Å². The van der Waals surface area contributed by atoms with Gasteiger partial charge in [0.2, 0.25) is 0 Å². The molecule has 3 nitrogen and oxygen atoms in total. The predicted molar refractivity (Wildman–Crippen MR) is 94.9 cm³/mol. The van der Waals surface area contributed by atoms with Crippen molar-refractivity contribution in [2.24, 2.45) is 0 Å². The third-order valence-electron chi connectivity index (χ3n) is 3.80. The zero-order valence-electron chi connectivity index (χ0n) is 13.3. The molecule has 0 bridgehead atoms. The molecule has 0 amide bonds. The van der Waals surface area contributed by atoms with Gasteiger partial charge in [-0.05, 0) is 37.4 Å².